The van der Waals surface area contributed by atoms with Crippen LogP contribution >= 0.6 is 0 Å². The van der Waals surface area contributed by atoms with E-state index in [1.165, 1.54) is 16.9 Å². The summed E-state index contributed by atoms with van der Waals surface area (Å²) < 4.78 is 38.0. The van der Waals surface area contributed by atoms with E-state index < -0.39 is 12.2 Å². The van der Waals surface area contributed by atoms with Gasteiger partial charge >= 0.3 is 6.18 Å². The van der Waals surface area contributed by atoms with Gasteiger partial charge < -0.3 is 5.32 Å². The highest BCUT2D eigenvalue weighted by Gasteiger charge is 2.36. The maximum absolute atomic E-state index is 12.2. The number of rotatable bonds is 3. The van der Waals surface area contributed by atoms with Gasteiger partial charge in [0.2, 0.25) is 0 Å². The summed E-state index contributed by atoms with van der Waals surface area (Å²) in [6, 6.07) is -0.0457. The quantitative estimate of drug-likeness (QED) is 0.823. The molecule has 1 aromatic heterocycles. The molecule has 6 heteroatoms. The van der Waals surface area contributed by atoms with Gasteiger partial charge in [0.15, 0.2) is 0 Å². The molecular formula is C8H12F3N3. The second kappa shape index (κ2) is 3.89. The van der Waals surface area contributed by atoms with Crippen molar-refractivity contribution in [1.82, 2.24) is 9.78 Å². The molecule has 0 saturated carbocycles. The number of aromatic nitrogens is 2. The van der Waals surface area contributed by atoms with Crippen molar-refractivity contribution in [3.8, 4) is 0 Å². The molecular weight excluding hydrogens is 195 g/mol. The fourth-order valence-electron chi connectivity index (χ4n) is 1.01. The Morgan fingerprint density at radius 3 is 2.71 bits per heavy atom. The van der Waals surface area contributed by atoms with Crippen LogP contribution in [0.3, 0.4) is 0 Å². The molecule has 1 heterocycles. The molecule has 0 fully saturated rings. The molecule has 0 spiro atoms. The molecule has 1 atom stereocenters. The Bertz CT molecular complexity index is 292. The molecule has 1 rings (SSSR count). The first-order valence-electron chi connectivity index (χ1n) is 4.30. The number of halogens is 3. The molecule has 0 radical (unpaired) electrons. The zero-order valence-corrected chi connectivity index (χ0v) is 7.97. The predicted molar refractivity (Wildman–Crippen MR) is 47.0 cm³/mol. The number of anilines is 1. The van der Waals surface area contributed by atoms with E-state index in [0.717, 1.165) is 6.92 Å². The second-order valence-corrected chi connectivity index (χ2v) is 2.94. The highest BCUT2D eigenvalue weighted by molar-refractivity contribution is 5.35. The van der Waals surface area contributed by atoms with Crippen LogP contribution in [0, 0.1) is 0 Å². The number of hydrogen-bond donors (Lipinski definition) is 1. The minimum atomic E-state index is -4.23. The monoisotopic (exact) mass is 207 g/mol. The summed E-state index contributed by atoms with van der Waals surface area (Å²) >= 11 is 0. The van der Waals surface area contributed by atoms with Gasteiger partial charge in [0.25, 0.3) is 0 Å². The van der Waals surface area contributed by atoms with Gasteiger partial charge in [-0.1, -0.05) is 0 Å². The highest BCUT2D eigenvalue weighted by Crippen LogP contribution is 2.22. The number of nitrogens with zero attached hydrogens (tertiary/aromatic N) is 2. The average molecular weight is 207 g/mol. The standard InChI is InChI=1S/C8H12F3N3/c1-3-14-7(4-5-12-14)13-6(2)8(9,10)11/h4-6,13H,3H2,1-2H3. The SMILES string of the molecule is CCn1nccc1NC(C)C(F)(F)F. The largest absolute Gasteiger partial charge is 0.408 e. The lowest BCUT2D eigenvalue weighted by Crippen LogP contribution is -2.33. The summed E-state index contributed by atoms with van der Waals surface area (Å²) in [5.41, 5.74) is 0. The van der Waals surface area contributed by atoms with Gasteiger partial charge in [0.05, 0.1) is 6.20 Å². The molecule has 0 aromatic carbocycles. The molecule has 0 aliphatic carbocycles. The number of aryl methyl sites for hydroxylation is 1. The zero-order valence-electron chi connectivity index (χ0n) is 7.97. The minimum absolute atomic E-state index is 0.386. The number of nitrogens with one attached hydrogen (secondary N) is 1. The van der Waals surface area contributed by atoms with Crippen LogP contribution in [-0.2, 0) is 6.54 Å². The maximum Gasteiger partial charge on any atom is 0.408 e. The molecule has 1 N–H and O–H groups in total. The molecule has 1 unspecified atom stereocenters. The normalized spacial score (nSPS) is 14.1. The number of hydrogen-bond acceptors (Lipinski definition) is 2. The van der Waals surface area contributed by atoms with Crippen LogP contribution in [0.2, 0.25) is 0 Å². The summed E-state index contributed by atoms with van der Waals surface area (Å²) in [6.07, 6.45) is -2.77. The number of alkyl halides is 3. The molecule has 0 saturated heterocycles. The Labute approximate surface area is 79.9 Å². The molecule has 3 nitrogen and oxygen atoms in total. The third kappa shape index (κ3) is 2.40. The lowest BCUT2D eigenvalue weighted by atomic mass is 10.3. The minimum Gasteiger partial charge on any atom is -0.359 e. The van der Waals surface area contributed by atoms with E-state index in [4.69, 9.17) is 0 Å². The smallest absolute Gasteiger partial charge is 0.359 e. The maximum atomic E-state index is 12.2. The van der Waals surface area contributed by atoms with E-state index in [2.05, 4.69) is 10.4 Å². The first-order chi connectivity index (χ1) is 6.45. The van der Waals surface area contributed by atoms with Gasteiger partial charge in [-0.05, 0) is 13.8 Å². The zero-order chi connectivity index (χ0) is 10.8. The van der Waals surface area contributed by atoms with Crippen LogP contribution in [-0.4, -0.2) is 22.0 Å². The van der Waals surface area contributed by atoms with Crippen molar-refractivity contribution in [1.29, 1.82) is 0 Å². The van der Waals surface area contributed by atoms with Crippen LogP contribution in [0.25, 0.3) is 0 Å². The fourth-order valence-corrected chi connectivity index (χ4v) is 1.01. The van der Waals surface area contributed by atoms with Crippen molar-refractivity contribution in [3.63, 3.8) is 0 Å². The molecule has 0 amide bonds. The predicted octanol–water partition coefficient (Wildman–Crippen LogP) is 2.27. The van der Waals surface area contributed by atoms with Gasteiger partial charge in [-0.3, -0.25) is 4.68 Å². The van der Waals surface area contributed by atoms with Crippen molar-refractivity contribution >= 4 is 5.82 Å². The first kappa shape index (κ1) is 10.9. The van der Waals surface area contributed by atoms with Gasteiger partial charge in [-0.2, -0.15) is 18.3 Å². The van der Waals surface area contributed by atoms with Crippen LogP contribution in [0.1, 0.15) is 13.8 Å². The Hall–Kier alpha value is -1.20. The van der Waals surface area contributed by atoms with Crippen molar-refractivity contribution in [2.45, 2.75) is 32.6 Å². The summed E-state index contributed by atoms with van der Waals surface area (Å²) in [5, 5.41) is 6.21. The Morgan fingerprint density at radius 1 is 1.57 bits per heavy atom. The molecule has 1 aromatic rings. The Balaban J connectivity index is 2.69. The van der Waals surface area contributed by atoms with Crippen LogP contribution in [0.5, 0.6) is 0 Å². The van der Waals surface area contributed by atoms with Gasteiger partial charge in [0.1, 0.15) is 11.9 Å². The third-order valence-electron chi connectivity index (χ3n) is 1.87. The third-order valence-corrected chi connectivity index (χ3v) is 1.87. The molecule has 14 heavy (non-hydrogen) atoms. The molecule has 0 bridgehead atoms. The van der Waals surface area contributed by atoms with E-state index in [-0.39, 0.29) is 0 Å². The van der Waals surface area contributed by atoms with Crippen molar-refractivity contribution < 1.29 is 13.2 Å². The van der Waals surface area contributed by atoms with Crippen LogP contribution < -0.4 is 5.32 Å². The van der Waals surface area contributed by atoms with Gasteiger partial charge in [0, 0.05) is 12.6 Å². The van der Waals surface area contributed by atoms with Gasteiger partial charge in [-0.15, -0.1) is 0 Å². The lowest BCUT2D eigenvalue weighted by molar-refractivity contribution is -0.138. The second-order valence-electron chi connectivity index (χ2n) is 2.94. The van der Waals surface area contributed by atoms with E-state index >= 15 is 0 Å². The summed E-state index contributed by atoms with van der Waals surface area (Å²) in [5.74, 6) is 0.386. The van der Waals surface area contributed by atoms with E-state index in [1.807, 2.05) is 6.92 Å². The van der Waals surface area contributed by atoms with Crippen molar-refractivity contribution in [2.24, 2.45) is 0 Å². The summed E-state index contributed by atoms with van der Waals surface area (Å²) in [4.78, 5) is 0. The van der Waals surface area contributed by atoms with E-state index in [9.17, 15) is 13.2 Å². The van der Waals surface area contributed by atoms with Crippen molar-refractivity contribution in [3.05, 3.63) is 12.3 Å². The lowest BCUT2D eigenvalue weighted by Gasteiger charge is -2.18. The first-order valence-corrected chi connectivity index (χ1v) is 4.30. The highest BCUT2D eigenvalue weighted by atomic mass is 19.4. The Kier molecular flexibility index (Phi) is 3.03. The Morgan fingerprint density at radius 2 is 2.21 bits per heavy atom. The molecule has 0 aliphatic rings. The van der Waals surface area contributed by atoms with Crippen molar-refractivity contribution in [2.75, 3.05) is 5.32 Å². The molecule has 80 valence electrons. The van der Waals surface area contributed by atoms with Gasteiger partial charge in [-0.25, -0.2) is 0 Å². The topological polar surface area (TPSA) is 29.9 Å². The van der Waals surface area contributed by atoms with Crippen LogP contribution in [0.15, 0.2) is 12.3 Å². The summed E-state index contributed by atoms with van der Waals surface area (Å²) in [6.45, 7) is 3.43. The van der Waals surface area contributed by atoms with E-state index in [0.29, 0.717) is 12.4 Å². The van der Waals surface area contributed by atoms with E-state index in [1.54, 1.807) is 0 Å². The molecule has 0 aliphatic heterocycles. The van der Waals surface area contributed by atoms with Crippen LogP contribution in [0.4, 0.5) is 19.0 Å². The summed E-state index contributed by atoms with van der Waals surface area (Å²) in [7, 11) is 0. The fraction of sp³-hybridized carbons (Fsp3) is 0.625. The average Bonchev–Trinajstić information content (AvgIpc) is 2.50.